The minimum Gasteiger partial charge on any atom is -0.230 e. The number of aromatic nitrogens is 3. The van der Waals surface area contributed by atoms with Gasteiger partial charge in [0, 0.05) is 11.1 Å². The van der Waals surface area contributed by atoms with Crippen LogP contribution >= 0.6 is 0 Å². The van der Waals surface area contributed by atoms with Crippen molar-refractivity contribution in [2.45, 2.75) is 26.2 Å². The molecule has 0 aliphatic carbocycles. The molecular formula is C11H16N3+. The molecule has 0 aliphatic heterocycles. The summed E-state index contributed by atoms with van der Waals surface area (Å²) >= 11 is 0. The van der Waals surface area contributed by atoms with Crippen LogP contribution < -0.4 is 4.68 Å². The highest BCUT2D eigenvalue weighted by molar-refractivity contribution is 5.72. The first kappa shape index (κ1) is 9.19. The van der Waals surface area contributed by atoms with E-state index in [9.17, 15) is 0 Å². The molecule has 2 aromatic rings. The van der Waals surface area contributed by atoms with Crippen LogP contribution in [0.15, 0.2) is 18.3 Å². The van der Waals surface area contributed by atoms with Gasteiger partial charge < -0.3 is 0 Å². The highest BCUT2D eigenvalue weighted by Gasteiger charge is 2.16. The number of aryl methyl sites for hydroxylation is 1. The standard InChI is InChI=1S/C11H15N3/c1-11(2,3)9-6-5-8-7-14(4)13-10(8)12-9/h5-7H,1-4H3/p+1. The Bertz CT molecular complexity index is 463. The number of H-pyrrole nitrogens is 1. The van der Waals surface area contributed by atoms with Crippen molar-refractivity contribution in [3.05, 3.63) is 24.0 Å². The molecule has 0 spiro atoms. The maximum Gasteiger partial charge on any atom is 0.204 e. The number of nitrogens with one attached hydrogen (secondary N) is 1. The molecule has 0 saturated heterocycles. The fraction of sp³-hybridized carbons (Fsp3) is 0.455. The van der Waals surface area contributed by atoms with Crippen LogP contribution in [0, 0.1) is 0 Å². The van der Waals surface area contributed by atoms with E-state index >= 15 is 0 Å². The number of fused-ring (bicyclic) bond motifs is 1. The predicted octanol–water partition coefficient (Wildman–Crippen LogP) is 1.68. The van der Waals surface area contributed by atoms with Crippen molar-refractivity contribution in [1.29, 1.82) is 0 Å². The molecule has 0 unspecified atom stereocenters. The van der Waals surface area contributed by atoms with Crippen LogP contribution in [0.5, 0.6) is 0 Å². The van der Waals surface area contributed by atoms with E-state index in [1.165, 1.54) is 0 Å². The van der Waals surface area contributed by atoms with Gasteiger partial charge >= 0.3 is 0 Å². The number of nitrogens with zero attached hydrogens (tertiary/aromatic N) is 2. The van der Waals surface area contributed by atoms with Gasteiger partial charge in [-0.25, -0.2) is 4.98 Å². The zero-order valence-corrected chi connectivity index (χ0v) is 9.13. The summed E-state index contributed by atoms with van der Waals surface area (Å²) in [5.41, 5.74) is 2.19. The third-order valence-electron chi connectivity index (χ3n) is 2.31. The molecule has 1 N–H and O–H groups in total. The van der Waals surface area contributed by atoms with E-state index in [0.29, 0.717) is 0 Å². The third-order valence-corrected chi connectivity index (χ3v) is 2.31. The van der Waals surface area contributed by atoms with Crippen molar-refractivity contribution >= 4 is 11.0 Å². The lowest BCUT2D eigenvalue weighted by atomic mass is 9.91. The molecule has 0 atom stereocenters. The Labute approximate surface area is 83.8 Å². The van der Waals surface area contributed by atoms with E-state index in [1.54, 1.807) is 0 Å². The number of hydrogen-bond donors (Lipinski definition) is 1. The quantitative estimate of drug-likeness (QED) is 0.630. The summed E-state index contributed by atoms with van der Waals surface area (Å²) in [6.45, 7) is 6.51. The molecule has 14 heavy (non-hydrogen) atoms. The second-order valence-electron chi connectivity index (χ2n) is 4.74. The normalized spacial score (nSPS) is 12.3. The molecule has 0 fully saturated rings. The van der Waals surface area contributed by atoms with Gasteiger partial charge in [-0.3, -0.25) is 0 Å². The van der Waals surface area contributed by atoms with E-state index in [-0.39, 0.29) is 5.41 Å². The van der Waals surface area contributed by atoms with Crippen LogP contribution in [0.25, 0.3) is 11.0 Å². The molecule has 3 nitrogen and oxygen atoms in total. The smallest absolute Gasteiger partial charge is 0.204 e. The van der Waals surface area contributed by atoms with E-state index < -0.39 is 0 Å². The van der Waals surface area contributed by atoms with Crippen LogP contribution in [0.3, 0.4) is 0 Å². The van der Waals surface area contributed by atoms with Crippen molar-refractivity contribution in [2.24, 2.45) is 7.05 Å². The fourth-order valence-electron chi connectivity index (χ4n) is 1.49. The van der Waals surface area contributed by atoms with Gasteiger partial charge in [-0.15, -0.1) is 9.78 Å². The van der Waals surface area contributed by atoms with Crippen molar-refractivity contribution in [3.8, 4) is 0 Å². The first-order valence-electron chi connectivity index (χ1n) is 4.83. The molecule has 2 rings (SSSR count). The summed E-state index contributed by atoms with van der Waals surface area (Å²) in [6.07, 6.45) is 2.04. The summed E-state index contributed by atoms with van der Waals surface area (Å²) in [7, 11) is 1.97. The molecule has 2 aromatic heterocycles. The highest BCUT2D eigenvalue weighted by atomic mass is 15.3. The molecule has 0 saturated carbocycles. The molecule has 0 radical (unpaired) electrons. The molecular weight excluding hydrogens is 174 g/mol. The fourth-order valence-corrected chi connectivity index (χ4v) is 1.49. The van der Waals surface area contributed by atoms with Gasteiger partial charge in [0.2, 0.25) is 6.20 Å². The molecule has 3 heteroatoms. The van der Waals surface area contributed by atoms with Gasteiger partial charge in [0.05, 0.1) is 5.39 Å². The van der Waals surface area contributed by atoms with Crippen LogP contribution in [0.2, 0.25) is 0 Å². The van der Waals surface area contributed by atoms with Crippen LogP contribution in [-0.2, 0) is 12.5 Å². The monoisotopic (exact) mass is 190 g/mol. The minimum absolute atomic E-state index is 0.109. The average molecular weight is 190 g/mol. The van der Waals surface area contributed by atoms with E-state index in [1.807, 2.05) is 17.9 Å². The Balaban J connectivity index is 2.62. The predicted molar refractivity (Wildman–Crippen MR) is 56.0 cm³/mol. The van der Waals surface area contributed by atoms with Crippen LogP contribution in [-0.4, -0.2) is 10.1 Å². The van der Waals surface area contributed by atoms with Gasteiger partial charge in [0.15, 0.2) is 12.7 Å². The number of hydrogen-bond acceptors (Lipinski definition) is 1. The maximum atomic E-state index is 4.59. The summed E-state index contributed by atoms with van der Waals surface area (Å²) in [6, 6.07) is 4.20. The van der Waals surface area contributed by atoms with Gasteiger partial charge in [0.25, 0.3) is 0 Å². The van der Waals surface area contributed by atoms with Crippen LogP contribution in [0.4, 0.5) is 0 Å². The Morgan fingerprint density at radius 2 is 2.00 bits per heavy atom. The average Bonchev–Trinajstić information content (AvgIpc) is 2.41. The molecule has 0 aliphatic rings. The zero-order chi connectivity index (χ0) is 10.3. The highest BCUT2D eigenvalue weighted by Crippen LogP contribution is 2.21. The topological polar surface area (TPSA) is 32.6 Å². The van der Waals surface area contributed by atoms with E-state index in [0.717, 1.165) is 16.7 Å². The van der Waals surface area contributed by atoms with Gasteiger partial charge in [-0.05, 0) is 12.1 Å². The van der Waals surface area contributed by atoms with Crippen molar-refractivity contribution in [1.82, 2.24) is 10.1 Å². The van der Waals surface area contributed by atoms with Crippen LogP contribution in [0.1, 0.15) is 26.5 Å². The lowest BCUT2D eigenvalue weighted by Crippen LogP contribution is -2.28. The lowest BCUT2D eigenvalue weighted by Gasteiger charge is -2.16. The van der Waals surface area contributed by atoms with Crippen molar-refractivity contribution in [2.75, 3.05) is 0 Å². The molecule has 2 heterocycles. The van der Waals surface area contributed by atoms with Crippen molar-refractivity contribution in [3.63, 3.8) is 0 Å². The number of aromatic amines is 1. The SMILES string of the molecule is C[n+]1cc2ccc(C(C)(C)C)nc2[nH]1. The minimum atomic E-state index is 0.109. The summed E-state index contributed by atoms with van der Waals surface area (Å²) in [5.74, 6) is 0. The number of pyridine rings is 1. The molecule has 74 valence electrons. The van der Waals surface area contributed by atoms with E-state index in [4.69, 9.17) is 0 Å². The summed E-state index contributed by atoms with van der Waals surface area (Å²) < 4.78 is 1.92. The largest absolute Gasteiger partial charge is 0.230 e. The molecule has 0 amide bonds. The second-order valence-corrected chi connectivity index (χ2v) is 4.74. The zero-order valence-electron chi connectivity index (χ0n) is 9.13. The maximum absolute atomic E-state index is 4.59. The second kappa shape index (κ2) is 2.80. The van der Waals surface area contributed by atoms with Gasteiger partial charge in [0.1, 0.15) is 0 Å². The van der Waals surface area contributed by atoms with Gasteiger partial charge in [-0.1, -0.05) is 20.8 Å². The number of rotatable bonds is 0. The molecule has 0 bridgehead atoms. The third kappa shape index (κ3) is 1.50. The Morgan fingerprint density at radius 1 is 1.29 bits per heavy atom. The van der Waals surface area contributed by atoms with Gasteiger partial charge in [-0.2, -0.15) is 0 Å². The lowest BCUT2D eigenvalue weighted by molar-refractivity contribution is -0.724. The summed E-state index contributed by atoms with van der Waals surface area (Å²) in [4.78, 5) is 4.59. The first-order chi connectivity index (χ1) is 6.47. The Morgan fingerprint density at radius 3 is 2.64 bits per heavy atom. The van der Waals surface area contributed by atoms with E-state index in [2.05, 4.69) is 43.0 Å². The Kier molecular flexibility index (Phi) is 1.84. The summed E-state index contributed by atoms with van der Waals surface area (Å²) in [5, 5.41) is 4.33. The Hall–Kier alpha value is -1.38. The first-order valence-corrected chi connectivity index (χ1v) is 4.83. The molecule has 0 aromatic carbocycles. The van der Waals surface area contributed by atoms with Crippen molar-refractivity contribution < 1.29 is 4.68 Å².